The lowest BCUT2D eigenvalue weighted by atomic mass is 9.76. The van der Waals surface area contributed by atoms with E-state index in [4.69, 9.17) is 9.47 Å². The number of esters is 1. The zero-order valence-electron chi connectivity index (χ0n) is 14.4. The van der Waals surface area contributed by atoms with Gasteiger partial charge in [-0.2, -0.15) is 0 Å². The Hall–Kier alpha value is -1.88. The molecule has 24 heavy (non-hydrogen) atoms. The van der Waals surface area contributed by atoms with Gasteiger partial charge in [-0.15, -0.1) is 0 Å². The molecule has 1 saturated carbocycles. The molecule has 0 radical (unpaired) electrons. The maximum absolute atomic E-state index is 12.9. The fourth-order valence-electron chi connectivity index (χ4n) is 4.32. The van der Waals surface area contributed by atoms with Gasteiger partial charge in [-0.05, 0) is 49.9 Å². The number of carbonyl (C=O) groups excluding carboxylic acids is 2. The van der Waals surface area contributed by atoms with E-state index in [1.54, 1.807) is 31.4 Å². The van der Waals surface area contributed by atoms with Crippen LogP contribution in [0.2, 0.25) is 0 Å². The number of hydrogen-bond acceptors (Lipinski definition) is 4. The first-order valence-electron chi connectivity index (χ1n) is 8.60. The second kappa shape index (κ2) is 6.93. The Morgan fingerprint density at radius 2 is 1.75 bits per heavy atom. The lowest BCUT2D eigenvalue weighted by Gasteiger charge is -2.43. The Morgan fingerprint density at radius 3 is 2.42 bits per heavy atom. The first-order valence-corrected chi connectivity index (χ1v) is 8.60. The summed E-state index contributed by atoms with van der Waals surface area (Å²) < 4.78 is 10.4. The zero-order chi connectivity index (χ0) is 17.2. The smallest absolute Gasteiger partial charge is 0.337 e. The van der Waals surface area contributed by atoms with Gasteiger partial charge in [0.15, 0.2) is 0 Å². The predicted molar refractivity (Wildman–Crippen MR) is 90.0 cm³/mol. The molecule has 1 aromatic carbocycles. The second-order valence-corrected chi connectivity index (χ2v) is 6.88. The Labute approximate surface area is 142 Å². The van der Waals surface area contributed by atoms with Crippen LogP contribution in [0.3, 0.4) is 0 Å². The molecule has 5 heteroatoms. The van der Waals surface area contributed by atoms with Crippen molar-refractivity contribution >= 4 is 11.9 Å². The molecule has 1 spiro atoms. The van der Waals surface area contributed by atoms with Crippen molar-refractivity contribution in [3.63, 3.8) is 0 Å². The van der Waals surface area contributed by atoms with Gasteiger partial charge < -0.3 is 14.4 Å². The van der Waals surface area contributed by atoms with E-state index in [1.165, 1.54) is 13.5 Å². The van der Waals surface area contributed by atoms with Crippen molar-refractivity contribution in [1.29, 1.82) is 0 Å². The van der Waals surface area contributed by atoms with Crippen molar-refractivity contribution in [1.82, 2.24) is 4.90 Å². The van der Waals surface area contributed by atoms with Crippen LogP contribution in [0.25, 0.3) is 0 Å². The van der Waals surface area contributed by atoms with Crippen LogP contribution in [0.15, 0.2) is 24.3 Å². The van der Waals surface area contributed by atoms with Gasteiger partial charge >= 0.3 is 5.97 Å². The molecular formula is C19H25NO4. The Bertz CT molecular complexity index is 612. The van der Waals surface area contributed by atoms with Crippen LogP contribution in [0.4, 0.5) is 0 Å². The molecule has 0 aromatic heterocycles. The maximum atomic E-state index is 12.9. The molecule has 1 aromatic rings. The number of likely N-dealkylation sites (tertiary alicyclic amines) is 1. The topological polar surface area (TPSA) is 55.8 Å². The summed E-state index contributed by atoms with van der Waals surface area (Å²) in [5.41, 5.74) is 1.19. The van der Waals surface area contributed by atoms with E-state index in [2.05, 4.69) is 0 Å². The van der Waals surface area contributed by atoms with Crippen LogP contribution in [0, 0.1) is 5.41 Å². The van der Waals surface area contributed by atoms with Crippen molar-refractivity contribution in [2.45, 2.75) is 38.2 Å². The summed E-state index contributed by atoms with van der Waals surface area (Å²) in [7, 11) is 3.13. The summed E-state index contributed by atoms with van der Waals surface area (Å²) in [5.74, 6) is -0.355. The van der Waals surface area contributed by atoms with Crippen molar-refractivity contribution < 1.29 is 19.1 Å². The minimum Gasteiger partial charge on any atom is -0.465 e. The fourth-order valence-corrected chi connectivity index (χ4v) is 4.32. The quantitative estimate of drug-likeness (QED) is 0.799. The summed E-state index contributed by atoms with van der Waals surface area (Å²) in [4.78, 5) is 26.3. The van der Waals surface area contributed by atoms with Gasteiger partial charge in [-0.3, -0.25) is 4.79 Å². The number of ether oxygens (including phenoxy) is 2. The largest absolute Gasteiger partial charge is 0.465 e. The molecule has 2 atom stereocenters. The lowest BCUT2D eigenvalue weighted by Crippen LogP contribution is -2.49. The predicted octanol–water partition coefficient (Wildman–Crippen LogP) is 2.89. The van der Waals surface area contributed by atoms with Crippen LogP contribution in [0.5, 0.6) is 0 Å². The van der Waals surface area contributed by atoms with Crippen LogP contribution in [0.1, 0.15) is 52.8 Å². The molecule has 130 valence electrons. The van der Waals surface area contributed by atoms with Gasteiger partial charge in [0.2, 0.25) is 0 Å². The monoisotopic (exact) mass is 331 g/mol. The van der Waals surface area contributed by atoms with Crippen molar-refractivity contribution in [3.05, 3.63) is 35.4 Å². The summed E-state index contributed by atoms with van der Waals surface area (Å²) in [6, 6.07) is 6.70. The first kappa shape index (κ1) is 17.0. The van der Waals surface area contributed by atoms with Crippen LogP contribution >= 0.6 is 0 Å². The normalized spacial score (nSPS) is 26.6. The van der Waals surface area contributed by atoms with Gasteiger partial charge in [-0.25, -0.2) is 4.79 Å². The highest BCUT2D eigenvalue weighted by atomic mass is 16.5. The standard InChI is InChI=1S/C19H25NO4/c1-23-16-5-3-10-19(16)11-4-12-20(13-19)17(21)14-6-8-15(9-7-14)18(22)24-2/h6-9,16H,3-5,10-13H2,1-2H3/t16-,19+/m1/s1. The molecule has 1 aliphatic heterocycles. The van der Waals surface area contributed by atoms with Gasteiger partial charge in [0.1, 0.15) is 0 Å². The number of benzene rings is 1. The molecule has 0 unspecified atom stereocenters. The number of hydrogen-bond donors (Lipinski definition) is 0. The zero-order valence-corrected chi connectivity index (χ0v) is 14.4. The van der Waals surface area contributed by atoms with E-state index in [-0.39, 0.29) is 23.4 Å². The molecule has 1 amide bonds. The minimum absolute atomic E-state index is 0.0345. The molecule has 5 nitrogen and oxygen atoms in total. The minimum atomic E-state index is -0.389. The third kappa shape index (κ3) is 3.05. The van der Waals surface area contributed by atoms with Crippen molar-refractivity contribution in [3.8, 4) is 0 Å². The van der Waals surface area contributed by atoms with E-state index < -0.39 is 0 Å². The highest BCUT2D eigenvalue weighted by Crippen LogP contribution is 2.46. The average molecular weight is 331 g/mol. The molecule has 0 N–H and O–H groups in total. The van der Waals surface area contributed by atoms with Gasteiger partial charge in [0, 0.05) is 31.2 Å². The molecule has 2 fully saturated rings. The lowest BCUT2D eigenvalue weighted by molar-refractivity contribution is -0.0295. The van der Waals surface area contributed by atoms with Gasteiger partial charge in [0.25, 0.3) is 5.91 Å². The van der Waals surface area contributed by atoms with Crippen LogP contribution in [-0.2, 0) is 9.47 Å². The van der Waals surface area contributed by atoms with Gasteiger partial charge in [-0.1, -0.05) is 6.42 Å². The van der Waals surface area contributed by atoms with E-state index in [0.717, 1.165) is 38.8 Å². The third-order valence-corrected chi connectivity index (χ3v) is 5.56. The molecule has 2 aliphatic rings. The Morgan fingerprint density at radius 1 is 1.08 bits per heavy atom. The first-order chi connectivity index (χ1) is 11.6. The second-order valence-electron chi connectivity index (χ2n) is 6.88. The van der Waals surface area contributed by atoms with Gasteiger partial charge in [0.05, 0.1) is 18.8 Å². The molecule has 0 bridgehead atoms. The van der Waals surface area contributed by atoms with Crippen molar-refractivity contribution in [2.24, 2.45) is 5.41 Å². The molecule has 1 heterocycles. The van der Waals surface area contributed by atoms with Crippen LogP contribution in [-0.4, -0.2) is 50.2 Å². The van der Waals surface area contributed by atoms with Crippen molar-refractivity contribution in [2.75, 3.05) is 27.3 Å². The third-order valence-electron chi connectivity index (χ3n) is 5.56. The summed E-state index contributed by atoms with van der Waals surface area (Å²) in [6.07, 6.45) is 5.81. The highest BCUT2D eigenvalue weighted by molar-refractivity contribution is 5.96. The molecule has 3 rings (SSSR count). The maximum Gasteiger partial charge on any atom is 0.337 e. The number of rotatable bonds is 3. The fraction of sp³-hybridized carbons (Fsp3) is 0.579. The molecule has 1 saturated heterocycles. The van der Waals surface area contributed by atoms with E-state index in [1.807, 2.05) is 4.90 Å². The number of amides is 1. The Kier molecular flexibility index (Phi) is 4.90. The summed E-state index contributed by atoms with van der Waals surface area (Å²) in [5, 5.41) is 0. The van der Waals surface area contributed by atoms with E-state index in [0.29, 0.717) is 11.1 Å². The SMILES string of the molecule is COC(=O)c1ccc(C(=O)N2CCC[C@@]3(CCC[C@H]3OC)C2)cc1. The molecule has 1 aliphatic carbocycles. The van der Waals surface area contributed by atoms with E-state index in [9.17, 15) is 9.59 Å². The Balaban J connectivity index is 1.74. The average Bonchev–Trinajstić information content (AvgIpc) is 3.02. The summed E-state index contributed by atoms with van der Waals surface area (Å²) >= 11 is 0. The summed E-state index contributed by atoms with van der Waals surface area (Å²) in [6.45, 7) is 1.55. The number of methoxy groups -OCH3 is 2. The van der Waals surface area contributed by atoms with E-state index >= 15 is 0 Å². The number of nitrogens with zero attached hydrogens (tertiary/aromatic N) is 1. The number of piperidine rings is 1. The van der Waals surface area contributed by atoms with Crippen LogP contribution < -0.4 is 0 Å². The number of carbonyl (C=O) groups is 2. The molecular weight excluding hydrogens is 306 g/mol. The highest BCUT2D eigenvalue weighted by Gasteiger charge is 2.46.